The van der Waals surface area contributed by atoms with E-state index in [4.69, 9.17) is 10.5 Å². The number of nitrogens with zero attached hydrogens (tertiary/aromatic N) is 3. The Bertz CT molecular complexity index is 699. The van der Waals surface area contributed by atoms with Gasteiger partial charge in [0.2, 0.25) is 0 Å². The number of nitrogens with one attached hydrogen (secondary N) is 1. The molecule has 0 amide bonds. The molecule has 0 aliphatic heterocycles. The van der Waals surface area contributed by atoms with Crippen LogP contribution in [0.25, 0.3) is 10.2 Å². The summed E-state index contributed by atoms with van der Waals surface area (Å²) in [6.07, 6.45) is 10.0. The van der Waals surface area contributed by atoms with Crippen molar-refractivity contribution in [3.63, 3.8) is 0 Å². The molecule has 2 rings (SSSR count). The van der Waals surface area contributed by atoms with Gasteiger partial charge in [0.05, 0.1) is 15.9 Å². The van der Waals surface area contributed by atoms with E-state index in [1.54, 1.807) is 11.3 Å². The molecule has 0 saturated carbocycles. The molecule has 1 aromatic heterocycles. The fraction of sp³-hybridized carbons (Fsp3) is 0.632. The van der Waals surface area contributed by atoms with Gasteiger partial charge in [-0.2, -0.15) is 5.11 Å². The van der Waals surface area contributed by atoms with Crippen LogP contribution >= 0.6 is 11.3 Å². The number of aryl methyl sites for hydroxylation is 1. The predicted octanol–water partition coefficient (Wildman–Crippen LogP) is 6.43. The first-order chi connectivity index (χ1) is 11.8. The van der Waals surface area contributed by atoms with E-state index in [2.05, 4.69) is 29.6 Å². The van der Waals surface area contributed by atoms with Gasteiger partial charge >= 0.3 is 0 Å². The maximum Gasteiger partial charge on any atom is 0.185 e. The number of thiazole rings is 1. The smallest absolute Gasteiger partial charge is 0.185 e. The van der Waals surface area contributed by atoms with Crippen LogP contribution in [0.5, 0.6) is 0 Å². The predicted molar refractivity (Wildman–Crippen MR) is 103 cm³/mol. The minimum Gasteiger partial charge on any atom is -0.317 e. The first kappa shape index (κ1) is 18.8. The van der Waals surface area contributed by atoms with Crippen molar-refractivity contribution in [2.45, 2.75) is 71.8 Å². The van der Waals surface area contributed by atoms with Gasteiger partial charge in [-0.15, -0.1) is 0 Å². The van der Waals surface area contributed by atoms with Crippen LogP contribution in [0.1, 0.15) is 65.2 Å². The zero-order valence-corrected chi connectivity index (χ0v) is 15.9. The Labute approximate surface area is 149 Å². The molecule has 0 aliphatic carbocycles. The van der Waals surface area contributed by atoms with Crippen LogP contribution in [0.3, 0.4) is 0 Å². The van der Waals surface area contributed by atoms with Gasteiger partial charge in [-0.25, -0.2) is 5.53 Å². The van der Waals surface area contributed by atoms with Gasteiger partial charge in [0.15, 0.2) is 4.80 Å². The van der Waals surface area contributed by atoms with E-state index in [9.17, 15) is 0 Å². The minimum atomic E-state index is 0.719. The van der Waals surface area contributed by atoms with Crippen LogP contribution in [0.4, 0.5) is 5.69 Å². The van der Waals surface area contributed by atoms with E-state index >= 15 is 0 Å². The number of unbranched alkanes of at least 4 members (excludes halogenated alkanes) is 6. The highest BCUT2D eigenvalue weighted by Crippen LogP contribution is 2.24. The fourth-order valence-corrected chi connectivity index (χ4v) is 3.99. The van der Waals surface area contributed by atoms with Crippen molar-refractivity contribution in [3.05, 3.63) is 23.0 Å². The van der Waals surface area contributed by atoms with Crippen molar-refractivity contribution < 1.29 is 0 Å². The third kappa shape index (κ3) is 5.26. The summed E-state index contributed by atoms with van der Waals surface area (Å²) in [6.45, 7) is 6.43. The van der Waals surface area contributed by atoms with E-state index in [1.807, 2.05) is 12.1 Å². The molecule has 0 fully saturated rings. The van der Waals surface area contributed by atoms with Crippen molar-refractivity contribution in [1.82, 2.24) is 4.57 Å². The first-order valence-electron chi connectivity index (χ1n) is 9.31. The topological polar surface area (TPSA) is 53.5 Å². The minimum absolute atomic E-state index is 0.719. The molecular weight excluding hydrogens is 316 g/mol. The fourth-order valence-electron chi connectivity index (χ4n) is 2.88. The maximum absolute atomic E-state index is 7.21. The monoisotopic (exact) mass is 346 g/mol. The molecule has 0 saturated heterocycles. The number of hydrogen-bond acceptors (Lipinski definition) is 4. The Hall–Kier alpha value is -1.49. The number of aromatic nitrogens is 1. The van der Waals surface area contributed by atoms with Crippen LogP contribution in [-0.2, 0) is 6.54 Å². The van der Waals surface area contributed by atoms with Crippen LogP contribution in [0.2, 0.25) is 0 Å². The molecule has 132 valence electrons. The third-order valence-corrected chi connectivity index (χ3v) is 5.37. The molecule has 0 atom stereocenters. The molecule has 0 unspecified atom stereocenters. The normalized spacial score (nSPS) is 12.2. The van der Waals surface area contributed by atoms with Crippen molar-refractivity contribution in [2.75, 3.05) is 6.54 Å². The summed E-state index contributed by atoms with van der Waals surface area (Å²) >= 11 is 1.73. The molecule has 0 aliphatic rings. The van der Waals surface area contributed by atoms with Gasteiger partial charge in [-0.1, -0.05) is 63.7 Å². The Morgan fingerprint density at radius 1 is 1.00 bits per heavy atom. The molecule has 0 spiro atoms. The number of rotatable bonds is 11. The molecule has 24 heavy (non-hydrogen) atoms. The van der Waals surface area contributed by atoms with Crippen molar-refractivity contribution >= 4 is 27.2 Å². The quantitative estimate of drug-likeness (QED) is 0.360. The van der Waals surface area contributed by atoms with Crippen molar-refractivity contribution in [1.29, 1.82) is 5.53 Å². The first-order valence-corrected chi connectivity index (χ1v) is 10.1. The van der Waals surface area contributed by atoms with E-state index in [-0.39, 0.29) is 0 Å². The van der Waals surface area contributed by atoms with Crippen molar-refractivity contribution in [2.24, 2.45) is 10.1 Å². The van der Waals surface area contributed by atoms with Gasteiger partial charge in [0, 0.05) is 13.1 Å². The summed E-state index contributed by atoms with van der Waals surface area (Å²) in [7, 11) is 0. The highest BCUT2D eigenvalue weighted by molar-refractivity contribution is 7.16. The lowest BCUT2D eigenvalue weighted by Crippen LogP contribution is -2.15. The average molecular weight is 347 g/mol. The van der Waals surface area contributed by atoms with Gasteiger partial charge in [-0.05, 0) is 31.0 Å². The Morgan fingerprint density at radius 2 is 1.75 bits per heavy atom. The van der Waals surface area contributed by atoms with E-state index in [0.717, 1.165) is 23.6 Å². The second-order valence-corrected chi connectivity index (χ2v) is 7.31. The molecule has 1 N–H and O–H groups in total. The summed E-state index contributed by atoms with van der Waals surface area (Å²) < 4.78 is 3.55. The molecule has 0 bridgehead atoms. The summed E-state index contributed by atoms with van der Waals surface area (Å²) in [6, 6.07) is 6.02. The summed E-state index contributed by atoms with van der Waals surface area (Å²) in [5.74, 6) is 0. The van der Waals surface area contributed by atoms with E-state index < -0.39 is 0 Å². The molecule has 1 heterocycles. The van der Waals surface area contributed by atoms with Crippen LogP contribution in [0.15, 0.2) is 28.3 Å². The van der Waals surface area contributed by atoms with Crippen LogP contribution < -0.4 is 4.80 Å². The summed E-state index contributed by atoms with van der Waals surface area (Å²) in [4.78, 5) is 6.00. The zero-order valence-electron chi connectivity index (χ0n) is 15.1. The van der Waals surface area contributed by atoms with Gasteiger partial charge in [0.1, 0.15) is 0 Å². The Balaban J connectivity index is 2.21. The SMILES string of the molecule is CCCCCC/N=c1\sc2cc(N=N)ccc2n1CCCCCC. The molecular formula is C19H30N4S. The number of hydrogen-bond donors (Lipinski definition) is 1. The Kier molecular flexibility index (Phi) is 8.16. The average Bonchev–Trinajstić information content (AvgIpc) is 2.95. The molecule has 0 radical (unpaired) electrons. The largest absolute Gasteiger partial charge is 0.317 e. The van der Waals surface area contributed by atoms with Gasteiger partial charge < -0.3 is 4.57 Å². The second kappa shape index (κ2) is 10.4. The summed E-state index contributed by atoms with van der Waals surface area (Å²) in [5, 5.41) is 3.56. The molecule has 5 heteroatoms. The lowest BCUT2D eigenvalue weighted by atomic mass is 10.2. The number of benzene rings is 1. The second-order valence-electron chi connectivity index (χ2n) is 6.30. The standard InChI is InChI=1S/C19H30N4S/c1-3-5-7-9-13-21-19-23(14-10-8-6-4-2)17-12-11-16(22-20)15-18(17)24-19/h11-12,15,20H,3-10,13-14H2,1-2H3/b21-19-,22-20?. The van der Waals surface area contributed by atoms with Gasteiger partial charge in [-0.3, -0.25) is 4.99 Å². The number of fused-ring (bicyclic) bond motifs is 1. The maximum atomic E-state index is 7.21. The molecule has 2 aromatic rings. The Morgan fingerprint density at radius 3 is 2.46 bits per heavy atom. The highest BCUT2D eigenvalue weighted by Gasteiger charge is 2.07. The van der Waals surface area contributed by atoms with Gasteiger partial charge in [0.25, 0.3) is 0 Å². The summed E-state index contributed by atoms with van der Waals surface area (Å²) in [5.41, 5.74) is 9.16. The zero-order chi connectivity index (χ0) is 17.2. The highest BCUT2D eigenvalue weighted by atomic mass is 32.1. The van der Waals surface area contributed by atoms with Crippen molar-refractivity contribution in [3.8, 4) is 0 Å². The molecule has 1 aromatic carbocycles. The molecule has 4 nitrogen and oxygen atoms in total. The van der Waals surface area contributed by atoms with E-state index in [0.29, 0.717) is 0 Å². The lowest BCUT2D eigenvalue weighted by Gasteiger charge is -2.05. The third-order valence-electron chi connectivity index (χ3n) is 4.29. The lowest BCUT2D eigenvalue weighted by molar-refractivity contribution is 0.580. The van der Waals surface area contributed by atoms with E-state index in [1.165, 1.54) is 61.6 Å². The van der Waals surface area contributed by atoms with Crippen LogP contribution in [-0.4, -0.2) is 11.1 Å². The van der Waals surface area contributed by atoms with Crippen LogP contribution in [0, 0.1) is 5.53 Å².